The van der Waals surface area contributed by atoms with Crippen LogP contribution in [-0.2, 0) is 17.6 Å². The molecule has 0 saturated carbocycles. The Morgan fingerprint density at radius 2 is 2.15 bits per heavy atom. The van der Waals surface area contributed by atoms with Crippen LogP contribution in [0, 0.1) is 5.92 Å². The lowest BCUT2D eigenvalue weighted by Crippen LogP contribution is -2.14. The number of rotatable bonds is 4. The number of thioether (sulfide) groups is 1. The smallest absolute Gasteiger partial charge is 0.234 e. The molecular weight excluding hydrogens is 386 g/mol. The van der Waals surface area contributed by atoms with Crippen molar-refractivity contribution in [2.45, 2.75) is 31.2 Å². The van der Waals surface area contributed by atoms with Crippen LogP contribution in [0.3, 0.4) is 0 Å². The molecule has 2 aromatic heterocycles. The molecule has 1 aliphatic carbocycles. The minimum atomic E-state index is -0.0539. The SMILES string of the molecule is C[C@H]1CCc2c(sc3ncnc(SCC(=O)Nc4ccc(Cl)cc4)c23)C1. The van der Waals surface area contributed by atoms with Crippen molar-refractivity contribution in [1.82, 2.24) is 9.97 Å². The number of hydrogen-bond acceptors (Lipinski definition) is 5. The Morgan fingerprint density at radius 1 is 1.35 bits per heavy atom. The number of aryl methyl sites for hydroxylation is 1. The fraction of sp³-hybridized carbons (Fsp3) is 0.316. The van der Waals surface area contributed by atoms with Crippen molar-refractivity contribution in [2.75, 3.05) is 11.1 Å². The van der Waals surface area contributed by atoms with Crippen LogP contribution in [0.25, 0.3) is 10.2 Å². The van der Waals surface area contributed by atoms with Crippen LogP contribution in [0.4, 0.5) is 5.69 Å². The van der Waals surface area contributed by atoms with E-state index >= 15 is 0 Å². The Morgan fingerprint density at radius 3 is 2.96 bits per heavy atom. The number of carbonyl (C=O) groups is 1. The van der Waals surface area contributed by atoms with E-state index in [-0.39, 0.29) is 5.91 Å². The fourth-order valence-electron chi connectivity index (χ4n) is 3.22. The highest BCUT2D eigenvalue weighted by Gasteiger charge is 2.23. The molecule has 3 aromatic rings. The van der Waals surface area contributed by atoms with E-state index in [0.29, 0.717) is 10.8 Å². The van der Waals surface area contributed by atoms with Gasteiger partial charge in [0.1, 0.15) is 16.2 Å². The summed E-state index contributed by atoms with van der Waals surface area (Å²) >= 11 is 9.13. The van der Waals surface area contributed by atoms with Gasteiger partial charge in [0.2, 0.25) is 5.91 Å². The van der Waals surface area contributed by atoms with Gasteiger partial charge in [-0.3, -0.25) is 4.79 Å². The van der Waals surface area contributed by atoms with Crippen molar-refractivity contribution in [3.8, 4) is 0 Å². The van der Waals surface area contributed by atoms with Crippen LogP contribution in [0.5, 0.6) is 0 Å². The zero-order chi connectivity index (χ0) is 18.1. The lowest BCUT2D eigenvalue weighted by molar-refractivity contribution is -0.113. The molecule has 7 heteroatoms. The van der Waals surface area contributed by atoms with Gasteiger partial charge >= 0.3 is 0 Å². The van der Waals surface area contributed by atoms with E-state index in [1.807, 2.05) is 0 Å². The van der Waals surface area contributed by atoms with E-state index in [1.165, 1.54) is 28.6 Å². The maximum Gasteiger partial charge on any atom is 0.234 e. The van der Waals surface area contributed by atoms with Crippen molar-refractivity contribution in [1.29, 1.82) is 0 Å². The van der Waals surface area contributed by atoms with Crippen LogP contribution >= 0.6 is 34.7 Å². The molecule has 4 rings (SSSR count). The molecule has 1 aromatic carbocycles. The summed E-state index contributed by atoms with van der Waals surface area (Å²) in [5.74, 6) is 0.988. The fourth-order valence-corrected chi connectivity index (χ4v) is 5.59. The molecule has 0 bridgehead atoms. The summed E-state index contributed by atoms with van der Waals surface area (Å²) in [5.41, 5.74) is 2.14. The number of halogens is 1. The molecule has 0 unspecified atom stereocenters. The molecule has 2 heterocycles. The lowest BCUT2D eigenvalue weighted by Gasteiger charge is -2.18. The normalized spacial score (nSPS) is 16.5. The summed E-state index contributed by atoms with van der Waals surface area (Å²) in [6.45, 7) is 2.30. The largest absolute Gasteiger partial charge is 0.325 e. The maximum absolute atomic E-state index is 12.3. The number of carbonyl (C=O) groups excluding carboxylic acids is 1. The maximum atomic E-state index is 12.3. The molecule has 1 N–H and O–H groups in total. The molecule has 0 aliphatic heterocycles. The molecule has 1 atom stereocenters. The predicted octanol–water partition coefficient (Wildman–Crippen LogP) is 5.20. The van der Waals surface area contributed by atoms with Crippen LogP contribution < -0.4 is 5.32 Å². The molecule has 0 saturated heterocycles. The first-order chi connectivity index (χ1) is 12.6. The Balaban J connectivity index is 1.50. The number of nitrogens with zero attached hydrogens (tertiary/aromatic N) is 2. The summed E-state index contributed by atoms with van der Waals surface area (Å²) in [7, 11) is 0. The molecule has 0 fully saturated rings. The van der Waals surface area contributed by atoms with Gasteiger partial charge in [0.05, 0.1) is 5.75 Å². The van der Waals surface area contributed by atoms with E-state index < -0.39 is 0 Å². The van der Waals surface area contributed by atoms with Crippen molar-refractivity contribution < 1.29 is 4.79 Å². The van der Waals surface area contributed by atoms with E-state index in [0.717, 1.165) is 39.7 Å². The summed E-state index contributed by atoms with van der Waals surface area (Å²) in [6, 6.07) is 7.11. The van der Waals surface area contributed by atoms with Crippen LogP contribution in [0.15, 0.2) is 35.6 Å². The van der Waals surface area contributed by atoms with Crippen molar-refractivity contribution in [3.63, 3.8) is 0 Å². The minimum Gasteiger partial charge on any atom is -0.325 e. The van der Waals surface area contributed by atoms with Gasteiger partial charge < -0.3 is 5.32 Å². The monoisotopic (exact) mass is 403 g/mol. The topological polar surface area (TPSA) is 54.9 Å². The second-order valence-electron chi connectivity index (χ2n) is 6.55. The predicted molar refractivity (Wildman–Crippen MR) is 109 cm³/mol. The number of aromatic nitrogens is 2. The number of thiophene rings is 1. The quantitative estimate of drug-likeness (QED) is 0.480. The van der Waals surface area contributed by atoms with Gasteiger partial charge in [-0.05, 0) is 55.0 Å². The van der Waals surface area contributed by atoms with Gasteiger partial charge in [0.25, 0.3) is 0 Å². The standard InChI is InChI=1S/C19H18ClN3OS2/c1-11-2-7-14-15(8-11)26-19-17(14)18(21-10-22-19)25-9-16(24)23-13-5-3-12(20)4-6-13/h3-6,10-11H,2,7-9H2,1H3,(H,23,24)/t11-/m0/s1. The average molecular weight is 404 g/mol. The van der Waals surface area contributed by atoms with E-state index in [1.54, 1.807) is 41.9 Å². The van der Waals surface area contributed by atoms with Gasteiger partial charge in [-0.15, -0.1) is 11.3 Å². The zero-order valence-corrected chi connectivity index (χ0v) is 16.7. The summed E-state index contributed by atoms with van der Waals surface area (Å²) in [4.78, 5) is 23.7. The third kappa shape index (κ3) is 3.72. The van der Waals surface area contributed by atoms with Gasteiger partial charge in [-0.1, -0.05) is 30.3 Å². The highest BCUT2D eigenvalue weighted by Crippen LogP contribution is 2.40. The van der Waals surface area contributed by atoms with Crippen LogP contribution in [-0.4, -0.2) is 21.6 Å². The van der Waals surface area contributed by atoms with Crippen molar-refractivity contribution in [3.05, 3.63) is 46.1 Å². The second-order valence-corrected chi connectivity index (χ2v) is 9.04. The molecule has 0 radical (unpaired) electrons. The molecular formula is C19H18ClN3OS2. The zero-order valence-electron chi connectivity index (χ0n) is 14.3. The van der Waals surface area contributed by atoms with Gasteiger partial charge in [-0.2, -0.15) is 0 Å². The molecule has 134 valence electrons. The molecule has 4 nitrogen and oxygen atoms in total. The molecule has 26 heavy (non-hydrogen) atoms. The highest BCUT2D eigenvalue weighted by atomic mass is 35.5. The number of anilines is 1. The Hall–Kier alpha value is -1.63. The number of nitrogens with one attached hydrogen (secondary N) is 1. The summed E-state index contributed by atoms with van der Waals surface area (Å²) in [5, 5.41) is 5.61. The Labute approximate surface area is 165 Å². The van der Waals surface area contributed by atoms with Gasteiger partial charge in [0, 0.05) is 21.0 Å². The summed E-state index contributed by atoms with van der Waals surface area (Å²) in [6.07, 6.45) is 5.01. The van der Waals surface area contributed by atoms with Crippen LogP contribution in [0.2, 0.25) is 5.02 Å². The van der Waals surface area contributed by atoms with Crippen LogP contribution in [0.1, 0.15) is 23.8 Å². The minimum absolute atomic E-state index is 0.0539. The number of fused-ring (bicyclic) bond motifs is 3. The highest BCUT2D eigenvalue weighted by molar-refractivity contribution is 8.00. The number of benzene rings is 1. The summed E-state index contributed by atoms with van der Waals surface area (Å²) < 4.78 is 0. The van der Waals surface area contributed by atoms with E-state index in [9.17, 15) is 4.79 Å². The first kappa shape index (κ1) is 17.8. The molecule has 0 spiro atoms. The van der Waals surface area contributed by atoms with Gasteiger partial charge in [-0.25, -0.2) is 9.97 Å². The van der Waals surface area contributed by atoms with Gasteiger partial charge in [0.15, 0.2) is 0 Å². The third-order valence-corrected chi connectivity index (χ3v) is 6.93. The first-order valence-electron chi connectivity index (χ1n) is 8.53. The first-order valence-corrected chi connectivity index (χ1v) is 10.7. The Kier molecular flexibility index (Phi) is 5.16. The van der Waals surface area contributed by atoms with E-state index in [2.05, 4.69) is 22.2 Å². The van der Waals surface area contributed by atoms with Crippen molar-refractivity contribution >= 4 is 56.5 Å². The number of hydrogen-bond donors (Lipinski definition) is 1. The molecule has 1 aliphatic rings. The van der Waals surface area contributed by atoms with E-state index in [4.69, 9.17) is 11.6 Å². The Bertz CT molecular complexity index is 955. The average Bonchev–Trinajstić information content (AvgIpc) is 3.00. The second kappa shape index (κ2) is 7.55. The lowest BCUT2D eigenvalue weighted by atomic mass is 9.89. The van der Waals surface area contributed by atoms with Crippen molar-refractivity contribution in [2.24, 2.45) is 5.92 Å². The number of amides is 1. The third-order valence-electron chi connectivity index (χ3n) is 4.52. The molecule has 1 amide bonds.